The molecule has 1 amide bonds. The maximum absolute atomic E-state index is 12.3. The van der Waals surface area contributed by atoms with Crippen LogP contribution in [0.3, 0.4) is 0 Å². The Morgan fingerprint density at radius 1 is 1.30 bits per heavy atom. The summed E-state index contributed by atoms with van der Waals surface area (Å²) < 4.78 is 0. The molecule has 4 heteroatoms. The molecule has 4 nitrogen and oxygen atoms in total. The fourth-order valence-electron chi connectivity index (χ4n) is 1.73. The van der Waals surface area contributed by atoms with Crippen LogP contribution >= 0.6 is 0 Å². The second-order valence-corrected chi connectivity index (χ2v) is 4.10. The van der Waals surface area contributed by atoms with Gasteiger partial charge in [-0.2, -0.15) is 0 Å². The van der Waals surface area contributed by atoms with Gasteiger partial charge in [0.25, 0.3) is 5.91 Å². The van der Waals surface area contributed by atoms with E-state index in [2.05, 4.69) is 22.1 Å². The van der Waals surface area contributed by atoms with E-state index >= 15 is 0 Å². The van der Waals surface area contributed by atoms with Crippen molar-refractivity contribution in [3.8, 4) is 11.8 Å². The van der Waals surface area contributed by atoms with Crippen molar-refractivity contribution in [3.63, 3.8) is 0 Å². The summed E-state index contributed by atoms with van der Waals surface area (Å²) in [5.74, 6) is 5.07. The van der Waals surface area contributed by atoms with E-state index in [1.54, 1.807) is 42.6 Å². The monoisotopic (exact) mass is 266 g/mol. The van der Waals surface area contributed by atoms with E-state index in [0.717, 1.165) is 5.69 Å². The molecule has 100 valence electrons. The SMILES string of the molecule is Cc1ncccc1NC(=O)c1ccccc1C#CCO. The van der Waals surface area contributed by atoms with Crippen molar-refractivity contribution in [1.82, 2.24) is 4.98 Å². The summed E-state index contributed by atoms with van der Waals surface area (Å²) in [6, 6.07) is 10.6. The van der Waals surface area contributed by atoms with Crippen LogP contribution in [0.1, 0.15) is 21.6 Å². The summed E-state index contributed by atoms with van der Waals surface area (Å²) >= 11 is 0. The van der Waals surface area contributed by atoms with Crippen molar-refractivity contribution in [3.05, 3.63) is 59.4 Å². The number of rotatable bonds is 2. The number of nitrogens with one attached hydrogen (secondary N) is 1. The summed E-state index contributed by atoms with van der Waals surface area (Å²) in [5, 5.41) is 11.6. The number of amides is 1. The van der Waals surface area contributed by atoms with Gasteiger partial charge in [-0.15, -0.1) is 0 Å². The van der Waals surface area contributed by atoms with E-state index in [-0.39, 0.29) is 12.5 Å². The van der Waals surface area contributed by atoms with Gasteiger partial charge in [-0.1, -0.05) is 24.0 Å². The van der Waals surface area contributed by atoms with Gasteiger partial charge < -0.3 is 10.4 Å². The number of carbonyl (C=O) groups is 1. The Morgan fingerprint density at radius 3 is 2.85 bits per heavy atom. The molecule has 2 rings (SSSR count). The highest BCUT2D eigenvalue weighted by molar-refractivity contribution is 6.06. The highest BCUT2D eigenvalue weighted by Crippen LogP contribution is 2.14. The zero-order valence-corrected chi connectivity index (χ0v) is 11.1. The van der Waals surface area contributed by atoms with Gasteiger partial charge in [0, 0.05) is 11.8 Å². The van der Waals surface area contributed by atoms with E-state index in [0.29, 0.717) is 16.8 Å². The lowest BCUT2D eigenvalue weighted by atomic mass is 10.1. The number of carbonyl (C=O) groups excluding carboxylic acids is 1. The van der Waals surface area contributed by atoms with Crippen LogP contribution < -0.4 is 5.32 Å². The van der Waals surface area contributed by atoms with Crippen LogP contribution in [0.2, 0.25) is 0 Å². The van der Waals surface area contributed by atoms with E-state index < -0.39 is 0 Å². The minimum Gasteiger partial charge on any atom is -0.384 e. The van der Waals surface area contributed by atoms with Gasteiger partial charge >= 0.3 is 0 Å². The number of anilines is 1. The molecule has 20 heavy (non-hydrogen) atoms. The van der Waals surface area contributed by atoms with Crippen molar-refractivity contribution in [2.24, 2.45) is 0 Å². The lowest BCUT2D eigenvalue weighted by Crippen LogP contribution is -2.14. The average molecular weight is 266 g/mol. The van der Waals surface area contributed by atoms with Crippen LogP contribution in [0, 0.1) is 18.8 Å². The number of hydrogen-bond donors (Lipinski definition) is 2. The van der Waals surface area contributed by atoms with Gasteiger partial charge in [0.15, 0.2) is 0 Å². The molecule has 0 fully saturated rings. The van der Waals surface area contributed by atoms with Crippen LogP contribution in [0.15, 0.2) is 42.6 Å². The van der Waals surface area contributed by atoms with Gasteiger partial charge in [0.2, 0.25) is 0 Å². The second kappa shape index (κ2) is 6.50. The van der Waals surface area contributed by atoms with Crippen molar-refractivity contribution < 1.29 is 9.90 Å². The number of pyridine rings is 1. The molecule has 1 aromatic carbocycles. The molecule has 0 aliphatic rings. The van der Waals surface area contributed by atoms with Gasteiger partial charge in [-0.25, -0.2) is 0 Å². The fraction of sp³-hybridized carbons (Fsp3) is 0.125. The predicted molar refractivity (Wildman–Crippen MR) is 77.3 cm³/mol. The summed E-state index contributed by atoms with van der Waals surface area (Å²) in [7, 11) is 0. The largest absolute Gasteiger partial charge is 0.384 e. The molecule has 0 saturated carbocycles. The quantitative estimate of drug-likeness (QED) is 0.817. The van der Waals surface area contributed by atoms with Crippen LogP contribution in [0.25, 0.3) is 0 Å². The standard InChI is InChI=1S/C16H14N2O2/c1-12-15(9-4-10-17-12)18-16(20)14-8-3-2-6-13(14)7-5-11-19/h2-4,6,8-10,19H,11H2,1H3,(H,18,20). The summed E-state index contributed by atoms with van der Waals surface area (Å²) in [6.07, 6.45) is 1.67. The van der Waals surface area contributed by atoms with Crippen LogP contribution in [0.4, 0.5) is 5.69 Å². The van der Waals surface area contributed by atoms with Gasteiger partial charge in [-0.05, 0) is 31.2 Å². The molecule has 0 saturated heterocycles. The number of aromatic nitrogens is 1. The highest BCUT2D eigenvalue weighted by atomic mass is 16.2. The number of aliphatic hydroxyl groups excluding tert-OH is 1. The first-order chi connectivity index (χ1) is 9.72. The van der Waals surface area contributed by atoms with Gasteiger partial charge in [0.05, 0.1) is 16.9 Å². The van der Waals surface area contributed by atoms with Crippen molar-refractivity contribution in [1.29, 1.82) is 0 Å². The van der Waals surface area contributed by atoms with E-state index in [4.69, 9.17) is 5.11 Å². The van der Waals surface area contributed by atoms with Crippen LogP contribution in [0.5, 0.6) is 0 Å². The maximum Gasteiger partial charge on any atom is 0.256 e. The Bertz CT molecular complexity index is 684. The molecule has 0 aliphatic heterocycles. The first kappa shape index (κ1) is 13.8. The van der Waals surface area contributed by atoms with E-state index in [9.17, 15) is 4.79 Å². The lowest BCUT2D eigenvalue weighted by Gasteiger charge is -2.08. The first-order valence-corrected chi connectivity index (χ1v) is 6.14. The summed E-state index contributed by atoms with van der Waals surface area (Å²) in [6.45, 7) is 1.59. The number of benzene rings is 1. The van der Waals surface area contributed by atoms with Crippen molar-refractivity contribution in [2.75, 3.05) is 11.9 Å². The molecular weight excluding hydrogens is 252 g/mol. The smallest absolute Gasteiger partial charge is 0.256 e. The molecule has 2 aromatic rings. The van der Waals surface area contributed by atoms with E-state index in [1.165, 1.54) is 0 Å². The number of aryl methyl sites for hydroxylation is 1. The number of nitrogens with zero attached hydrogens (tertiary/aromatic N) is 1. The molecule has 0 atom stereocenters. The van der Waals surface area contributed by atoms with Gasteiger partial charge in [0.1, 0.15) is 6.61 Å². The molecule has 1 heterocycles. The minimum absolute atomic E-state index is 0.238. The Morgan fingerprint density at radius 2 is 2.10 bits per heavy atom. The summed E-state index contributed by atoms with van der Waals surface area (Å²) in [4.78, 5) is 16.4. The van der Waals surface area contributed by atoms with Crippen LogP contribution in [-0.2, 0) is 0 Å². The van der Waals surface area contributed by atoms with Gasteiger partial charge in [-0.3, -0.25) is 9.78 Å². The average Bonchev–Trinajstić information content (AvgIpc) is 2.47. The second-order valence-electron chi connectivity index (χ2n) is 4.10. The zero-order valence-electron chi connectivity index (χ0n) is 11.1. The molecular formula is C16H14N2O2. The Kier molecular flexibility index (Phi) is 4.48. The fourth-order valence-corrected chi connectivity index (χ4v) is 1.73. The molecule has 1 aromatic heterocycles. The molecule has 0 spiro atoms. The lowest BCUT2D eigenvalue weighted by molar-refractivity contribution is 0.102. The Hall–Kier alpha value is -2.64. The topological polar surface area (TPSA) is 62.2 Å². The summed E-state index contributed by atoms with van der Waals surface area (Å²) in [5.41, 5.74) is 2.47. The number of hydrogen-bond acceptors (Lipinski definition) is 3. The third kappa shape index (κ3) is 3.22. The Labute approximate surface area is 117 Å². The third-order valence-corrected chi connectivity index (χ3v) is 2.73. The predicted octanol–water partition coefficient (Wildman–Crippen LogP) is 1.99. The first-order valence-electron chi connectivity index (χ1n) is 6.14. The highest BCUT2D eigenvalue weighted by Gasteiger charge is 2.11. The normalized spacial score (nSPS) is 9.50. The molecule has 2 N–H and O–H groups in total. The van der Waals surface area contributed by atoms with Crippen molar-refractivity contribution >= 4 is 11.6 Å². The molecule has 0 aliphatic carbocycles. The Balaban J connectivity index is 2.28. The van der Waals surface area contributed by atoms with Crippen LogP contribution in [-0.4, -0.2) is 22.6 Å². The molecule has 0 unspecified atom stereocenters. The molecule has 0 radical (unpaired) electrons. The molecule has 0 bridgehead atoms. The zero-order chi connectivity index (χ0) is 14.4. The van der Waals surface area contributed by atoms with Crippen molar-refractivity contribution in [2.45, 2.75) is 6.92 Å². The third-order valence-electron chi connectivity index (χ3n) is 2.73. The minimum atomic E-state index is -0.246. The number of aliphatic hydroxyl groups is 1. The maximum atomic E-state index is 12.3. The van der Waals surface area contributed by atoms with E-state index in [1.807, 2.05) is 6.92 Å².